The van der Waals surface area contributed by atoms with Crippen LogP contribution in [0.1, 0.15) is 12.8 Å². The van der Waals surface area contributed by atoms with E-state index in [4.69, 9.17) is 0 Å². The van der Waals surface area contributed by atoms with Gasteiger partial charge in [0.25, 0.3) is 0 Å². The molecule has 0 amide bonds. The fourth-order valence-corrected chi connectivity index (χ4v) is 1.64. The lowest BCUT2D eigenvalue weighted by Gasteiger charge is -2.08. The van der Waals surface area contributed by atoms with Gasteiger partial charge in [-0.2, -0.15) is 0 Å². The standard InChI is InChI=1S/C8H17N3O2S/c1-14(12,13)7-6-11-8-9-4-2-3-5-10-8/h2-7H2,1H3,(H2,9,10,11). The zero-order valence-corrected chi connectivity index (χ0v) is 9.23. The van der Waals surface area contributed by atoms with Crippen LogP contribution in [0.15, 0.2) is 4.99 Å². The second kappa shape index (κ2) is 5.19. The summed E-state index contributed by atoms with van der Waals surface area (Å²) in [5.74, 6) is 0.874. The third-order valence-electron chi connectivity index (χ3n) is 1.91. The van der Waals surface area contributed by atoms with E-state index in [1.807, 2.05) is 0 Å². The summed E-state index contributed by atoms with van der Waals surface area (Å²) in [6.07, 6.45) is 3.43. The summed E-state index contributed by atoms with van der Waals surface area (Å²) in [5, 5.41) is 6.09. The van der Waals surface area contributed by atoms with E-state index < -0.39 is 9.84 Å². The number of guanidine groups is 1. The van der Waals surface area contributed by atoms with E-state index in [2.05, 4.69) is 15.6 Å². The predicted octanol–water partition coefficient (Wildman–Crippen LogP) is -0.640. The van der Waals surface area contributed by atoms with Gasteiger partial charge in [0.05, 0.1) is 5.75 Å². The van der Waals surface area contributed by atoms with Crippen molar-refractivity contribution in [3.63, 3.8) is 0 Å². The zero-order chi connectivity index (χ0) is 10.4. The van der Waals surface area contributed by atoms with Crippen molar-refractivity contribution in [1.29, 1.82) is 0 Å². The molecule has 0 saturated carbocycles. The minimum atomic E-state index is -2.88. The van der Waals surface area contributed by atoms with Crippen molar-refractivity contribution >= 4 is 15.8 Å². The van der Waals surface area contributed by atoms with Gasteiger partial charge in [0, 0.05) is 25.9 Å². The summed E-state index contributed by atoms with van der Waals surface area (Å²) in [7, 11) is -2.88. The van der Waals surface area contributed by atoms with Gasteiger partial charge in [0.1, 0.15) is 9.84 Å². The quantitative estimate of drug-likeness (QED) is 0.662. The maximum atomic E-state index is 10.8. The maximum Gasteiger partial charge on any atom is 0.191 e. The van der Waals surface area contributed by atoms with Crippen molar-refractivity contribution in [3.8, 4) is 0 Å². The Labute approximate surface area is 84.9 Å². The topological polar surface area (TPSA) is 70.6 Å². The summed E-state index contributed by atoms with van der Waals surface area (Å²) in [6, 6.07) is 0. The number of nitrogens with zero attached hydrogens (tertiary/aromatic N) is 1. The fraction of sp³-hybridized carbons (Fsp3) is 0.875. The molecule has 0 atom stereocenters. The van der Waals surface area contributed by atoms with Crippen LogP contribution < -0.4 is 10.6 Å². The highest BCUT2D eigenvalue weighted by molar-refractivity contribution is 7.90. The number of nitrogens with one attached hydrogen (secondary N) is 2. The van der Waals surface area contributed by atoms with Gasteiger partial charge in [-0.3, -0.25) is 4.99 Å². The summed E-state index contributed by atoms with van der Waals surface area (Å²) >= 11 is 0. The molecular weight excluding hydrogens is 202 g/mol. The molecule has 0 unspecified atom stereocenters. The van der Waals surface area contributed by atoms with Crippen LogP contribution in [0.3, 0.4) is 0 Å². The first-order valence-electron chi connectivity index (χ1n) is 4.78. The lowest BCUT2D eigenvalue weighted by molar-refractivity contribution is 0.600. The normalized spacial score (nSPS) is 17.9. The van der Waals surface area contributed by atoms with Crippen molar-refractivity contribution in [2.45, 2.75) is 12.8 Å². The molecule has 0 radical (unpaired) electrons. The van der Waals surface area contributed by atoms with Crippen molar-refractivity contribution in [2.75, 3.05) is 31.6 Å². The molecule has 14 heavy (non-hydrogen) atoms. The van der Waals surface area contributed by atoms with Crippen LogP contribution >= 0.6 is 0 Å². The largest absolute Gasteiger partial charge is 0.356 e. The minimum Gasteiger partial charge on any atom is -0.356 e. The molecule has 1 rings (SSSR count). The molecule has 0 saturated heterocycles. The Hall–Kier alpha value is -0.780. The Morgan fingerprint density at radius 1 is 1.50 bits per heavy atom. The SMILES string of the molecule is CS(=O)(=O)CCNC1=NCCCCN1. The summed E-state index contributed by atoms with van der Waals surface area (Å²) in [6.45, 7) is 2.14. The van der Waals surface area contributed by atoms with Crippen molar-refractivity contribution in [3.05, 3.63) is 0 Å². The van der Waals surface area contributed by atoms with Crippen LogP contribution in [0, 0.1) is 0 Å². The number of aliphatic imine (C=N–C) groups is 1. The number of hydrogen-bond acceptors (Lipinski definition) is 5. The first-order chi connectivity index (χ1) is 6.58. The Morgan fingerprint density at radius 3 is 3.00 bits per heavy atom. The molecule has 82 valence electrons. The molecule has 5 nitrogen and oxygen atoms in total. The maximum absolute atomic E-state index is 10.8. The summed E-state index contributed by atoms with van der Waals surface area (Å²) < 4.78 is 21.7. The van der Waals surface area contributed by atoms with E-state index in [0.717, 1.165) is 31.9 Å². The van der Waals surface area contributed by atoms with Gasteiger partial charge in [-0.15, -0.1) is 0 Å². The molecule has 1 aliphatic heterocycles. The minimum absolute atomic E-state index is 0.147. The summed E-state index contributed by atoms with van der Waals surface area (Å²) in [5.41, 5.74) is 0. The lowest BCUT2D eigenvalue weighted by atomic mass is 10.3. The van der Waals surface area contributed by atoms with Crippen LogP contribution in [0.4, 0.5) is 0 Å². The van der Waals surface area contributed by atoms with Gasteiger partial charge in [-0.05, 0) is 12.8 Å². The molecule has 0 spiro atoms. The fourth-order valence-electron chi connectivity index (χ4n) is 1.16. The average molecular weight is 219 g/mol. The van der Waals surface area contributed by atoms with Gasteiger partial charge < -0.3 is 10.6 Å². The van der Waals surface area contributed by atoms with E-state index in [0.29, 0.717) is 6.54 Å². The summed E-state index contributed by atoms with van der Waals surface area (Å²) in [4.78, 5) is 4.24. The Bertz CT molecular complexity index is 298. The van der Waals surface area contributed by atoms with Gasteiger partial charge in [0.2, 0.25) is 0 Å². The van der Waals surface area contributed by atoms with E-state index in [-0.39, 0.29) is 5.75 Å². The van der Waals surface area contributed by atoms with Gasteiger partial charge in [-0.25, -0.2) is 8.42 Å². The predicted molar refractivity (Wildman–Crippen MR) is 57.3 cm³/mol. The molecule has 0 bridgehead atoms. The first kappa shape index (κ1) is 11.3. The third-order valence-corrected chi connectivity index (χ3v) is 2.86. The number of hydrogen-bond donors (Lipinski definition) is 2. The van der Waals surface area contributed by atoms with Crippen LogP contribution in [0.2, 0.25) is 0 Å². The molecule has 0 aromatic heterocycles. The molecule has 0 fully saturated rings. The lowest BCUT2D eigenvalue weighted by Crippen LogP contribution is -2.39. The molecule has 1 aliphatic rings. The van der Waals surface area contributed by atoms with Crippen LogP contribution in [0.25, 0.3) is 0 Å². The van der Waals surface area contributed by atoms with Crippen LogP contribution in [0.5, 0.6) is 0 Å². The molecule has 0 aromatic carbocycles. The monoisotopic (exact) mass is 219 g/mol. The van der Waals surface area contributed by atoms with Crippen molar-refractivity contribution in [1.82, 2.24) is 10.6 Å². The first-order valence-corrected chi connectivity index (χ1v) is 6.84. The smallest absolute Gasteiger partial charge is 0.191 e. The van der Waals surface area contributed by atoms with Crippen molar-refractivity contribution < 1.29 is 8.42 Å². The van der Waals surface area contributed by atoms with Crippen molar-refractivity contribution in [2.24, 2.45) is 4.99 Å². The third kappa shape index (κ3) is 5.06. The Balaban J connectivity index is 2.26. The second-order valence-electron chi connectivity index (χ2n) is 3.42. The van der Waals surface area contributed by atoms with E-state index in [9.17, 15) is 8.42 Å². The van der Waals surface area contributed by atoms with E-state index in [1.165, 1.54) is 6.26 Å². The molecular formula is C8H17N3O2S. The average Bonchev–Trinajstić information content (AvgIpc) is 2.30. The molecule has 6 heteroatoms. The van der Waals surface area contributed by atoms with E-state index in [1.54, 1.807) is 0 Å². The molecule has 0 aliphatic carbocycles. The number of rotatable bonds is 3. The second-order valence-corrected chi connectivity index (χ2v) is 5.68. The van der Waals surface area contributed by atoms with E-state index >= 15 is 0 Å². The van der Waals surface area contributed by atoms with Crippen LogP contribution in [-0.2, 0) is 9.84 Å². The highest BCUT2D eigenvalue weighted by Crippen LogP contribution is 1.92. The molecule has 1 heterocycles. The van der Waals surface area contributed by atoms with Crippen LogP contribution in [-0.4, -0.2) is 46.0 Å². The van der Waals surface area contributed by atoms with Gasteiger partial charge >= 0.3 is 0 Å². The van der Waals surface area contributed by atoms with Gasteiger partial charge in [-0.1, -0.05) is 0 Å². The zero-order valence-electron chi connectivity index (χ0n) is 8.41. The Morgan fingerprint density at radius 2 is 2.29 bits per heavy atom. The Kier molecular flexibility index (Phi) is 4.19. The number of sulfone groups is 1. The highest BCUT2D eigenvalue weighted by atomic mass is 32.2. The van der Waals surface area contributed by atoms with Gasteiger partial charge in [0.15, 0.2) is 5.96 Å². The molecule has 2 N–H and O–H groups in total. The molecule has 0 aromatic rings. The highest BCUT2D eigenvalue weighted by Gasteiger charge is 2.04.